The molecule has 3 aromatic rings. The van der Waals surface area contributed by atoms with Gasteiger partial charge in [0.15, 0.2) is 17.8 Å². The summed E-state index contributed by atoms with van der Waals surface area (Å²) in [4.78, 5) is 13.6. The third-order valence-electron chi connectivity index (χ3n) is 5.18. The minimum Gasteiger partial charge on any atom is -0.313 e. The van der Waals surface area contributed by atoms with E-state index in [2.05, 4.69) is 39.2 Å². The van der Waals surface area contributed by atoms with Crippen LogP contribution >= 0.6 is 0 Å². The van der Waals surface area contributed by atoms with Gasteiger partial charge in [-0.2, -0.15) is 9.99 Å². The van der Waals surface area contributed by atoms with Crippen LogP contribution in [0.3, 0.4) is 0 Å². The first-order valence-corrected chi connectivity index (χ1v) is 8.38. The Morgan fingerprint density at radius 3 is 3.00 bits per heavy atom. The van der Waals surface area contributed by atoms with Crippen molar-refractivity contribution in [3.8, 4) is 5.69 Å². The smallest absolute Gasteiger partial charge is 0.313 e. The van der Waals surface area contributed by atoms with Crippen LogP contribution in [0.25, 0.3) is 5.69 Å². The number of para-hydroxylation sites is 1. The average molecular weight is 333 g/mol. The van der Waals surface area contributed by atoms with E-state index in [9.17, 15) is 0 Å². The largest absolute Gasteiger partial charge is 0.348 e. The van der Waals surface area contributed by atoms with Crippen molar-refractivity contribution >= 4 is 18.2 Å². The number of fused-ring (bicyclic) bond motifs is 6. The van der Waals surface area contributed by atoms with Crippen molar-refractivity contribution in [3.05, 3.63) is 48.2 Å². The topological polar surface area (TPSA) is 75.6 Å². The maximum absolute atomic E-state index is 5.53. The van der Waals surface area contributed by atoms with Crippen LogP contribution in [-0.4, -0.2) is 26.0 Å². The van der Waals surface area contributed by atoms with Gasteiger partial charge < -0.3 is 4.52 Å². The molecule has 1 aromatic carbocycles. The van der Waals surface area contributed by atoms with E-state index < -0.39 is 0 Å². The molecule has 25 heavy (non-hydrogen) atoms. The molecule has 124 valence electrons. The highest BCUT2D eigenvalue weighted by atomic mass is 16.5. The van der Waals surface area contributed by atoms with Crippen molar-refractivity contribution in [2.24, 2.45) is 10.9 Å². The fourth-order valence-electron chi connectivity index (χ4n) is 3.67. The molecule has 8 heteroatoms. The lowest BCUT2D eigenvalue weighted by Crippen LogP contribution is -2.42. The van der Waals surface area contributed by atoms with Crippen molar-refractivity contribution in [1.82, 2.24) is 19.7 Å². The third kappa shape index (κ3) is 1.71. The summed E-state index contributed by atoms with van der Waals surface area (Å²) in [7, 11) is 0. The number of nitrogens with zero attached hydrogens (tertiary/aromatic N) is 7. The maximum Gasteiger partial charge on any atom is 0.348 e. The summed E-state index contributed by atoms with van der Waals surface area (Å²) in [5.41, 5.74) is 2.20. The third-order valence-corrected chi connectivity index (χ3v) is 5.18. The summed E-state index contributed by atoms with van der Waals surface area (Å²) in [6.07, 6.45) is 6.35. The van der Waals surface area contributed by atoms with E-state index in [4.69, 9.17) is 4.52 Å². The standard InChI is InChI=1S/C17H15N7O/c1-10-6-12(10)15-20-17(25-21-15)23-9-19-16-11-4-2-3-5-13(11)22-8-18-7-14(22)24(16)23/h2-5,7-10,12,16H,6H2,1H3. The Labute approximate surface area is 143 Å². The molecule has 2 aliphatic heterocycles. The highest BCUT2D eigenvalue weighted by Gasteiger charge is 2.42. The number of hydrazine groups is 1. The molecular weight excluding hydrogens is 318 g/mol. The second kappa shape index (κ2) is 4.47. The highest BCUT2D eigenvalue weighted by molar-refractivity contribution is 5.84. The molecule has 8 nitrogen and oxygen atoms in total. The first kappa shape index (κ1) is 13.2. The van der Waals surface area contributed by atoms with Crippen LogP contribution < -0.4 is 10.0 Å². The number of aromatic nitrogens is 4. The van der Waals surface area contributed by atoms with Crippen molar-refractivity contribution in [2.45, 2.75) is 25.4 Å². The minimum absolute atomic E-state index is 0.157. The highest BCUT2D eigenvalue weighted by Crippen LogP contribution is 2.47. The maximum atomic E-state index is 5.53. The van der Waals surface area contributed by atoms with Crippen molar-refractivity contribution in [2.75, 3.05) is 10.0 Å². The number of anilines is 2. The van der Waals surface area contributed by atoms with Crippen molar-refractivity contribution in [1.29, 1.82) is 0 Å². The predicted octanol–water partition coefficient (Wildman–Crippen LogP) is 2.66. The van der Waals surface area contributed by atoms with Crippen LogP contribution in [0, 0.1) is 5.92 Å². The molecule has 0 N–H and O–H groups in total. The monoisotopic (exact) mass is 333 g/mol. The molecule has 0 amide bonds. The van der Waals surface area contributed by atoms with Gasteiger partial charge in [-0.25, -0.2) is 15.0 Å². The molecule has 3 atom stereocenters. The molecule has 0 radical (unpaired) electrons. The number of hydrogen-bond acceptors (Lipinski definition) is 7. The van der Waals surface area contributed by atoms with Gasteiger partial charge in [-0.05, 0) is 18.4 Å². The zero-order valence-corrected chi connectivity index (χ0v) is 13.5. The van der Waals surface area contributed by atoms with E-state index >= 15 is 0 Å². The lowest BCUT2D eigenvalue weighted by atomic mass is 10.1. The first-order valence-electron chi connectivity index (χ1n) is 8.38. The predicted molar refractivity (Wildman–Crippen MR) is 90.6 cm³/mol. The lowest BCUT2D eigenvalue weighted by Gasteiger charge is -2.35. The van der Waals surface area contributed by atoms with Gasteiger partial charge in [0.25, 0.3) is 0 Å². The van der Waals surface area contributed by atoms with E-state index in [1.807, 2.05) is 39.2 Å². The van der Waals surface area contributed by atoms with Gasteiger partial charge in [0.05, 0.1) is 11.9 Å². The number of imidazole rings is 1. The fraction of sp³-hybridized carbons (Fsp3) is 0.294. The molecule has 4 heterocycles. The molecule has 6 rings (SSSR count). The second-order valence-electron chi connectivity index (χ2n) is 6.76. The molecule has 3 aliphatic rings. The zero-order valence-electron chi connectivity index (χ0n) is 13.5. The van der Waals surface area contributed by atoms with Crippen LogP contribution in [0.2, 0.25) is 0 Å². The SMILES string of the molecule is CC1CC1c1noc(N2C=NC3c4ccccc4-n4cncc4N32)n1. The van der Waals surface area contributed by atoms with Gasteiger partial charge in [0, 0.05) is 11.5 Å². The normalized spacial score (nSPS) is 25.7. The summed E-state index contributed by atoms with van der Waals surface area (Å²) in [6.45, 7) is 2.20. The van der Waals surface area contributed by atoms with Crippen molar-refractivity contribution in [3.63, 3.8) is 0 Å². The van der Waals surface area contributed by atoms with E-state index in [0.717, 1.165) is 29.3 Å². The van der Waals surface area contributed by atoms with E-state index in [0.29, 0.717) is 17.9 Å². The van der Waals surface area contributed by atoms with Crippen LogP contribution in [-0.2, 0) is 0 Å². The number of benzene rings is 1. The van der Waals surface area contributed by atoms with E-state index in [1.54, 1.807) is 6.34 Å². The summed E-state index contributed by atoms with van der Waals surface area (Å²) in [6, 6.07) is 8.65. The first-order chi connectivity index (χ1) is 12.3. The minimum atomic E-state index is -0.157. The molecule has 3 unspecified atom stereocenters. The second-order valence-corrected chi connectivity index (χ2v) is 6.76. The molecule has 1 fully saturated rings. The summed E-state index contributed by atoms with van der Waals surface area (Å²) in [5, 5.41) is 8.01. The molecule has 1 saturated carbocycles. The Kier molecular flexibility index (Phi) is 2.35. The van der Waals surface area contributed by atoms with E-state index in [1.165, 1.54) is 0 Å². The molecule has 0 saturated heterocycles. The summed E-state index contributed by atoms with van der Waals surface area (Å²) < 4.78 is 7.58. The number of aliphatic imine (C=N–C) groups is 1. The van der Waals surface area contributed by atoms with Gasteiger partial charge in [0.2, 0.25) is 0 Å². The van der Waals surface area contributed by atoms with Crippen LogP contribution in [0.1, 0.15) is 36.8 Å². The zero-order chi connectivity index (χ0) is 16.5. The summed E-state index contributed by atoms with van der Waals surface area (Å²) in [5.74, 6) is 2.75. The van der Waals surface area contributed by atoms with Crippen molar-refractivity contribution < 1.29 is 4.52 Å². The molecular formula is C17H15N7O. The molecule has 0 spiro atoms. The molecule has 0 bridgehead atoms. The Hall–Kier alpha value is -3.16. The van der Waals surface area contributed by atoms with Gasteiger partial charge >= 0.3 is 6.01 Å². The van der Waals surface area contributed by atoms with Gasteiger partial charge in [-0.3, -0.25) is 4.57 Å². The Balaban J connectivity index is 1.45. The molecule has 1 aliphatic carbocycles. The van der Waals surface area contributed by atoms with E-state index in [-0.39, 0.29) is 6.17 Å². The fourth-order valence-corrected chi connectivity index (χ4v) is 3.67. The molecule has 2 aromatic heterocycles. The van der Waals surface area contributed by atoms with Gasteiger partial charge in [0.1, 0.15) is 12.7 Å². The Morgan fingerprint density at radius 2 is 2.12 bits per heavy atom. The lowest BCUT2D eigenvalue weighted by molar-refractivity contribution is 0.411. The van der Waals surface area contributed by atoms with Crippen LogP contribution in [0.4, 0.5) is 11.8 Å². The van der Waals surface area contributed by atoms with Gasteiger partial charge in [-0.1, -0.05) is 30.3 Å². The quantitative estimate of drug-likeness (QED) is 0.718. The summed E-state index contributed by atoms with van der Waals surface area (Å²) >= 11 is 0. The Bertz CT molecular complexity index is 1010. The Morgan fingerprint density at radius 1 is 1.24 bits per heavy atom. The van der Waals surface area contributed by atoms with Gasteiger partial charge in [-0.15, -0.1) is 0 Å². The number of rotatable bonds is 2. The van der Waals surface area contributed by atoms with Crippen LogP contribution in [0.15, 0.2) is 46.3 Å². The average Bonchev–Trinajstić information content (AvgIpc) is 3.12. The number of hydrogen-bond donors (Lipinski definition) is 0. The van der Waals surface area contributed by atoms with Crippen LogP contribution in [0.5, 0.6) is 0 Å².